The number of rotatable bonds is 9. The lowest BCUT2D eigenvalue weighted by atomic mass is 9.80. The Balaban J connectivity index is 1.32. The molecule has 3 fully saturated rings. The van der Waals surface area contributed by atoms with Crippen LogP contribution in [0.2, 0.25) is 0 Å². The van der Waals surface area contributed by atoms with Gasteiger partial charge in [0.2, 0.25) is 0 Å². The highest BCUT2D eigenvalue weighted by Gasteiger charge is 2.49. The maximum Gasteiger partial charge on any atom is 0.169 e. The number of benzene rings is 1. The molecule has 7 heteroatoms. The Hall–Kier alpha value is -1.22. The van der Waals surface area contributed by atoms with Gasteiger partial charge in [0.25, 0.3) is 0 Å². The van der Waals surface area contributed by atoms with Crippen molar-refractivity contribution >= 4 is 0 Å². The molecule has 1 aromatic rings. The third-order valence-electron chi connectivity index (χ3n) is 7.76. The molecule has 0 amide bonds. The van der Waals surface area contributed by atoms with E-state index in [1.165, 1.54) is 0 Å². The van der Waals surface area contributed by atoms with Gasteiger partial charge in [-0.15, -0.1) is 0 Å². The minimum absolute atomic E-state index is 0.00203. The molecule has 0 saturated carbocycles. The highest BCUT2D eigenvalue weighted by Crippen LogP contribution is 2.45. The highest BCUT2D eigenvalue weighted by atomic mass is 16.7. The minimum atomic E-state index is -0.663. The molecule has 0 radical (unpaired) electrons. The summed E-state index contributed by atoms with van der Waals surface area (Å²) in [5.41, 5.74) is 1.11. The second-order valence-electron chi connectivity index (χ2n) is 11.9. The Labute approximate surface area is 216 Å². The van der Waals surface area contributed by atoms with Crippen LogP contribution in [0.15, 0.2) is 24.3 Å². The van der Waals surface area contributed by atoms with Crippen molar-refractivity contribution in [3.05, 3.63) is 29.8 Å². The normalized spacial score (nSPS) is 36.0. The van der Waals surface area contributed by atoms with Gasteiger partial charge in [-0.05, 0) is 68.6 Å². The van der Waals surface area contributed by atoms with E-state index in [0.29, 0.717) is 31.7 Å². The van der Waals surface area contributed by atoms with Gasteiger partial charge >= 0.3 is 0 Å². The summed E-state index contributed by atoms with van der Waals surface area (Å²) in [4.78, 5) is 0. The number of methoxy groups -OCH3 is 1. The fraction of sp³-hybridized carbons (Fsp3) is 0.793. The fourth-order valence-corrected chi connectivity index (χ4v) is 6.19. The molecule has 7 nitrogen and oxygen atoms in total. The van der Waals surface area contributed by atoms with Crippen LogP contribution >= 0.6 is 0 Å². The molecular weight excluding hydrogens is 460 g/mol. The van der Waals surface area contributed by atoms with Crippen molar-refractivity contribution in [3.63, 3.8) is 0 Å². The quantitative estimate of drug-likeness (QED) is 0.501. The lowest BCUT2D eigenvalue weighted by Crippen LogP contribution is -2.55. The molecule has 0 bridgehead atoms. The fourth-order valence-electron chi connectivity index (χ4n) is 6.19. The van der Waals surface area contributed by atoms with Crippen LogP contribution in [0.1, 0.15) is 72.3 Å². The molecule has 204 valence electrons. The second-order valence-corrected chi connectivity index (χ2v) is 11.9. The summed E-state index contributed by atoms with van der Waals surface area (Å²) in [6.07, 6.45) is 3.34. The molecule has 8 atom stereocenters. The standard InChI is InChI=1S/C29H46O7/c1-19-11-24(17-32-16-22-7-9-23(31-6)10-8-22)35-29(14-19)15-20(2)12-26(36-29)27(30)21(3)13-25-18-33-28(4,5)34-25/h7-10,19-21,24-27,30H,11-18H2,1-6H3/t19-,20-,21-,24-,25+,26-,27-,29?/m0/s1. The van der Waals surface area contributed by atoms with Crippen LogP contribution in [0, 0.1) is 17.8 Å². The molecule has 3 aliphatic heterocycles. The first-order chi connectivity index (χ1) is 17.1. The van der Waals surface area contributed by atoms with E-state index >= 15 is 0 Å². The molecule has 0 aromatic heterocycles. The molecule has 0 aliphatic carbocycles. The Bertz CT molecular complexity index is 823. The third kappa shape index (κ3) is 7.21. The van der Waals surface area contributed by atoms with Gasteiger partial charge in [-0.25, -0.2) is 0 Å². The minimum Gasteiger partial charge on any atom is -0.497 e. The van der Waals surface area contributed by atoms with Gasteiger partial charge in [0, 0.05) is 12.8 Å². The Morgan fingerprint density at radius 3 is 2.33 bits per heavy atom. The van der Waals surface area contributed by atoms with Crippen molar-refractivity contribution in [2.75, 3.05) is 20.3 Å². The van der Waals surface area contributed by atoms with Crippen LogP contribution in [-0.2, 0) is 30.3 Å². The largest absolute Gasteiger partial charge is 0.497 e. The van der Waals surface area contributed by atoms with Crippen LogP contribution in [-0.4, -0.2) is 61.4 Å². The van der Waals surface area contributed by atoms with Crippen molar-refractivity contribution in [2.24, 2.45) is 17.8 Å². The molecule has 36 heavy (non-hydrogen) atoms. The summed E-state index contributed by atoms with van der Waals surface area (Å²) >= 11 is 0. The number of aliphatic hydroxyl groups excluding tert-OH is 1. The summed E-state index contributed by atoms with van der Waals surface area (Å²) in [7, 11) is 1.67. The molecule has 1 spiro atoms. The van der Waals surface area contributed by atoms with Crippen molar-refractivity contribution < 1.29 is 33.5 Å². The molecule has 3 heterocycles. The zero-order chi connectivity index (χ0) is 25.9. The molecule has 4 rings (SSSR count). The van der Waals surface area contributed by atoms with Crippen LogP contribution in [0.25, 0.3) is 0 Å². The van der Waals surface area contributed by atoms with Crippen LogP contribution in [0.4, 0.5) is 0 Å². The number of aliphatic hydroxyl groups is 1. The van der Waals surface area contributed by atoms with Crippen molar-refractivity contribution in [3.8, 4) is 5.75 Å². The van der Waals surface area contributed by atoms with E-state index in [2.05, 4.69) is 20.8 Å². The van der Waals surface area contributed by atoms with Gasteiger partial charge in [-0.1, -0.05) is 32.9 Å². The second kappa shape index (κ2) is 11.7. The van der Waals surface area contributed by atoms with E-state index in [0.717, 1.165) is 43.4 Å². The van der Waals surface area contributed by atoms with E-state index in [1.807, 2.05) is 38.1 Å². The molecule has 1 aromatic carbocycles. The molecular formula is C29H46O7. The number of ether oxygens (including phenoxy) is 6. The lowest BCUT2D eigenvalue weighted by Gasteiger charge is -2.50. The number of hydrogen-bond acceptors (Lipinski definition) is 7. The predicted molar refractivity (Wildman–Crippen MR) is 137 cm³/mol. The van der Waals surface area contributed by atoms with Gasteiger partial charge in [0.05, 0.1) is 51.3 Å². The topological polar surface area (TPSA) is 75.6 Å². The third-order valence-corrected chi connectivity index (χ3v) is 7.76. The monoisotopic (exact) mass is 506 g/mol. The van der Waals surface area contributed by atoms with Crippen LogP contribution in [0.5, 0.6) is 5.75 Å². The van der Waals surface area contributed by atoms with Gasteiger partial charge in [-0.3, -0.25) is 0 Å². The smallest absolute Gasteiger partial charge is 0.169 e. The highest BCUT2D eigenvalue weighted by molar-refractivity contribution is 5.26. The first-order valence-electron chi connectivity index (χ1n) is 13.6. The molecule has 3 saturated heterocycles. The first kappa shape index (κ1) is 27.8. The Morgan fingerprint density at radius 2 is 1.69 bits per heavy atom. The molecule has 1 N–H and O–H groups in total. The van der Waals surface area contributed by atoms with Gasteiger partial charge in [-0.2, -0.15) is 0 Å². The Morgan fingerprint density at radius 1 is 1.00 bits per heavy atom. The average molecular weight is 507 g/mol. The first-order valence-corrected chi connectivity index (χ1v) is 13.6. The lowest BCUT2D eigenvalue weighted by molar-refractivity contribution is -0.344. The van der Waals surface area contributed by atoms with E-state index in [-0.39, 0.29) is 24.2 Å². The zero-order valence-corrected chi connectivity index (χ0v) is 22.9. The molecule has 1 unspecified atom stereocenters. The van der Waals surface area contributed by atoms with Crippen molar-refractivity contribution in [1.82, 2.24) is 0 Å². The van der Waals surface area contributed by atoms with Gasteiger partial charge in [0.15, 0.2) is 11.6 Å². The Kier molecular flexibility index (Phi) is 9.01. The van der Waals surface area contributed by atoms with Crippen LogP contribution in [0.3, 0.4) is 0 Å². The van der Waals surface area contributed by atoms with Crippen molar-refractivity contribution in [1.29, 1.82) is 0 Å². The average Bonchev–Trinajstić information content (AvgIpc) is 3.15. The van der Waals surface area contributed by atoms with E-state index in [1.54, 1.807) is 7.11 Å². The van der Waals surface area contributed by atoms with Gasteiger partial charge < -0.3 is 33.5 Å². The maximum atomic E-state index is 11.3. The predicted octanol–water partition coefficient (Wildman–Crippen LogP) is 5.08. The summed E-state index contributed by atoms with van der Waals surface area (Å²) in [6.45, 7) is 12.1. The maximum absolute atomic E-state index is 11.3. The number of hydrogen-bond donors (Lipinski definition) is 1. The van der Waals surface area contributed by atoms with E-state index in [9.17, 15) is 5.11 Å². The zero-order valence-electron chi connectivity index (χ0n) is 22.9. The van der Waals surface area contributed by atoms with E-state index in [4.69, 9.17) is 28.4 Å². The summed E-state index contributed by atoms with van der Waals surface area (Å²) < 4.78 is 36.2. The summed E-state index contributed by atoms with van der Waals surface area (Å²) in [5.74, 6) is 0.523. The van der Waals surface area contributed by atoms with E-state index < -0.39 is 17.7 Å². The summed E-state index contributed by atoms with van der Waals surface area (Å²) in [6, 6.07) is 7.94. The molecule has 3 aliphatic rings. The van der Waals surface area contributed by atoms with Gasteiger partial charge in [0.1, 0.15) is 5.75 Å². The van der Waals surface area contributed by atoms with Crippen LogP contribution < -0.4 is 4.74 Å². The van der Waals surface area contributed by atoms with Crippen molar-refractivity contribution in [2.45, 2.75) is 109 Å². The SMILES string of the molecule is COc1ccc(COC[C@@H]2C[C@H](C)CC3(C[C@@H](C)C[C@@H]([C@@H](O)[C@@H](C)C[C@@H]4COC(C)(C)O4)O3)O2)cc1. The summed E-state index contributed by atoms with van der Waals surface area (Å²) in [5, 5.41) is 11.3.